The summed E-state index contributed by atoms with van der Waals surface area (Å²) >= 11 is 6.06. The maximum atomic E-state index is 12.8. The first-order valence-corrected chi connectivity index (χ1v) is 11.7. The molecule has 35 heavy (non-hydrogen) atoms. The van der Waals surface area contributed by atoms with Gasteiger partial charge in [-0.25, -0.2) is 4.98 Å². The highest BCUT2D eigenvalue weighted by molar-refractivity contribution is 6.31. The second kappa shape index (κ2) is 9.60. The van der Waals surface area contributed by atoms with Crippen molar-refractivity contribution in [1.29, 1.82) is 0 Å². The summed E-state index contributed by atoms with van der Waals surface area (Å²) in [7, 11) is 0. The standard InChI is InChI=1S/C28H24ClN5O/c1-17-7-5-11-25(31-17)34-27(24-10-3-4-14-30-24)26-18(2)32-23-13-12-21(16-22(23)26)33-28(35)19-8-6-9-20(29)15-19/h3-16,27,32H,1-2H3,(H,31,34)(H,33,35)/t27-/m1/s1. The average Bonchev–Trinajstić information content (AvgIpc) is 3.18. The smallest absolute Gasteiger partial charge is 0.255 e. The minimum atomic E-state index is -0.252. The van der Waals surface area contributed by atoms with Gasteiger partial charge in [0.25, 0.3) is 5.91 Å². The SMILES string of the molecule is Cc1cccc(N[C@H](c2ccccn2)c2c(C)[nH]c3ccc(NC(=O)c4cccc(Cl)c4)cc23)n1. The molecule has 5 rings (SSSR count). The lowest BCUT2D eigenvalue weighted by atomic mass is 9.99. The van der Waals surface area contributed by atoms with Crippen LogP contribution >= 0.6 is 11.6 Å². The lowest BCUT2D eigenvalue weighted by Gasteiger charge is -2.20. The summed E-state index contributed by atoms with van der Waals surface area (Å²) in [5, 5.41) is 8.07. The maximum Gasteiger partial charge on any atom is 0.255 e. The number of benzene rings is 2. The van der Waals surface area contributed by atoms with E-state index in [1.807, 2.05) is 68.4 Å². The summed E-state index contributed by atoms with van der Waals surface area (Å²) in [4.78, 5) is 25.6. The van der Waals surface area contributed by atoms with E-state index in [4.69, 9.17) is 11.6 Å². The number of nitrogens with one attached hydrogen (secondary N) is 3. The fourth-order valence-corrected chi connectivity index (χ4v) is 4.43. The van der Waals surface area contributed by atoms with E-state index in [2.05, 4.69) is 25.6 Å². The molecule has 0 aliphatic rings. The molecule has 0 aliphatic heterocycles. The highest BCUT2D eigenvalue weighted by atomic mass is 35.5. The molecule has 3 heterocycles. The number of carbonyl (C=O) groups is 1. The molecule has 0 aliphatic carbocycles. The molecule has 0 saturated carbocycles. The molecule has 0 saturated heterocycles. The minimum Gasteiger partial charge on any atom is -0.358 e. The predicted molar refractivity (Wildman–Crippen MR) is 141 cm³/mol. The van der Waals surface area contributed by atoms with Crippen molar-refractivity contribution in [2.75, 3.05) is 10.6 Å². The van der Waals surface area contributed by atoms with Gasteiger partial charge in [0.15, 0.2) is 0 Å². The average molecular weight is 482 g/mol. The molecule has 0 fully saturated rings. The van der Waals surface area contributed by atoms with E-state index in [0.29, 0.717) is 16.3 Å². The van der Waals surface area contributed by atoms with Crippen molar-refractivity contribution in [3.63, 3.8) is 0 Å². The number of fused-ring (bicyclic) bond motifs is 1. The van der Waals surface area contributed by atoms with Crippen LogP contribution in [0.25, 0.3) is 10.9 Å². The van der Waals surface area contributed by atoms with E-state index in [-0.39, 0.29) is 11.9 Å². The Balaban J connectivity index is 1.56. The highest BCUT2D eigenvalue weighted by Crippen LogP contribution is 2.35. The Morgan fingerprint density at radius 1 is 0.971 bits per heavy atom. The van der Waals surface area contributed by atoms with Crippen LogP contribution in [0, 0.1) is 13.8 Å². The van der Waals surface area contributed by atoms with E-state index < -0.39 is 0 Å². The van der Waals surface area contributed by atoms with Gasteiger partial charge >= 0.3 is 0 Å². The monoisotopic (exact) mass is 481 g/mol. The van der Waals surface area contributed by atoms with Crippen molar-refractivity contribution < 1.29 is 4.79 Å². The van der Waals surface area contributed by atoms with Gasteiger partial charge in [-0.3, -0.25) is 9.78 Å². The van der Waals surface area contributed by atoms with Gasteiger partial charge in [0.1, 0.15) is 5.82 Å². The molecule has 5 aromatic rings. The van der Waals surface area contributed by atoms with Crippen LogP contribution in [-0.2, 0) is 0 Å². The Morgan fingerprint density at radius 3 is 2.60 bits per heavy atom. The highest BCUT2D eigenvalue weighted by Gasteiger charge is 2.23. The molecule has 1 atom stereocenters. The number of aryl methyl sites for hydroxylation is 2. The fourth-order valence-electron chi connectivity index (χ4n) is 4.24. The third kappa shape index (κ3) is 4.88. The molecule has 174 valence electrons. The summed E-state index contributed by atoms with van der Waals surface area (Å²) in [6.07, 6.45) is 1.79. The normalized spacial score (nSPS) is 11.9. The van der Waals surface area contributed by atoms with E-state index in [9.17, 15) is 4.79 Å². The second-order valence-corrected chi connectivity index (χ2v) is 8.82. The first kappa shape index (κ1) is 22.6. The number of nitrogens with zero attached hydrogens (tertiary/aromatic N) is 2. The van der Waals surface area contributed by atoms with E-state index in [0.717, 1.165) is 39.4 Å². The third-order valence-electron chi connectivity index (χ3n) is 5.83. The Morgan fingerprint density at radius 2 is 1.83 bits per heavy atom. The Bertz CT molecular complexity index is 1510. The molecule has 2 aromatic carbocycles. The number of H-pyrrole nitrogens is 1. The first-order chi connectivity index (χ1) is 17.0. The second-order valence-electron chi connectivity index (χ2n) is 8.38. The summed E-state index contributed by atoms with van der Waals surface area (Å²) in [6.45, 7) is 4.01. The predicted octanol–water partition coefficient (Wildman–Crippen LogP) is 6.68. The van der Waals surface area contributed by atoms with Crippen LogP contribution in [-0.4, -0.2) is 20.9 Å². The maximum absolute atomic E-state index is 12.8. The number of pyridine rings is 2. The summed E-state index contributed by atoms with van der Waals surface area (Å²) in [5.41, 5.74) is 6.01. The van der Waals surface area contributed by atoms with Crippen LogP contribution in [0.15, 0.2) is 85.1 Å². The molecule has 7 heteroatoms. The van der Waals surface area contributed by atoms with Crippen LogP contribution in [0.2, 0.25) is 5.02 Å². The summed E-state index contributed by atoms with van der Waals surface area (Å²) < 4.78 is 0. The number of halogens is 1. The molecule has 0 radical (unpaired) electrons. The van der Waals surface area contributed by atoms with E-state index >= 15 is 0 Å². The number of hydrogen-bond acceptors (Lipinski definition) is 4. The first-order valence-electron chi connectivity index (χ1n) is 11.3. The molecule has 0 spiro atoms. The van der Waals surface area contributed by atoms with Crippen LogP contribution in [0.1, 0.15) is 39.0 Å². The van der Waals surface area contributed by atoms with Gasteiger partial charge in [-0.2, -0.15) is 0 Å². The number of aromatic nitrogens is 3. The molecular weight excluding hydrogens is 458 g/mol. The molecule has 0 unspecified atom stereocenters. The van der Waals surface area contributed by atoms with Gasteiger partial charge in [-0.15, -0.1) is 0 Å². The summed E-state index contributed by atoms with van der Waals surface area (Å²) in [5.74, 6) is 0.545. The van der Waals surface area contributed by atoms with E-state index in [1.165, 1.54) is 0 Å². The quantitative estimate of drug-likeness (QED) is 0.252. The molecular formula is C28H24ClN5O. The number of aromatic amines is 1. The lowest BCUT2D eigenvalue weighted by Crippen LogP contribution is -2.16. The zero-order chi connectivity index (χ0) is 24.4. The van der Waals surface area contributed by atoms with Gasteiger partial charge in [0.2, 0.25) is 0 Å². The minimum absolute atomic E-state index is 0.219. The Kier molecular flexibility index (Phi) is 6.21. The molecule has 3 N–H and O–H groups in total. The number of carbonyl (C=O) groups excluding carboxylic acids is 1. The zero-order valence-corrected chi connectivity index (χ0v) is 20.1. The third-order valence-corrected chi connectivity index (χ3v) is 6.07. The van der Waals surface area contributed by atoms with Gasteiger partial charge < -0.3 is 15.6 Å². The topological polar surface area (TPSA) is 82.7 Å². The Labute approximate surface area is 208 Å². The van der Waals surface area contributed by atoms with Gasteiger partial charge in [-0.05, 0) is 74.5 Å². The van der Waals surface area contributed by atoms with Crippen molar-refractivity contribution >= 4 is 39.9 Å². The number of rotatable bonds is 6. The van der Waals surface area contributed by atoms with Crippen LogP contribution < -0.4 is 10.6 Å². The number of hydrogen-bond donors (Lipinski definition) is 3. The van der Waals surface area contributed by atoms with Gasteiger partial charge in [-0.1, -0.05) is 29.8 Å². The van der Waals surface area contributed by atoms with Crippen LogP contribution in [0.5, 0.6) is 0 Å². The zero-order valence-electron chi connectivity index (χ0n) is 19.3. The number of anilines is 2. The van der Waals surface area contributed by atoms with Crippen LogP contribution in [0.4, 0.5) is 11.5 Å². The van der Waals surface area contributed by atoms with Crippen molar-refractivity contribution in [2.24, 2.45) is 0 Å². The van der Waals surface area contributed by atoms with Crippen molar-refractivity contribution in [2.45, 2.75) is 19.9 Å². The Hall–Kier alpha value is -4.16. The lowest BCUT2D eigenvalue weighted by molar-refractivity contribution is 0.102. The van der Waals surface area contributed by atoms with Gasteiger partial charge in [0.05, 0.1) is 11.7 Å². The largest absolute Gasteiger partial charge is 0.358 e. The van der Waals surface area contributed by atoms with Crippen molar-refractivity contribution in [1.82, 2.24) is 15.0 Å². The van der Waals surface area contributed by atoms with Crippen molar-refractivity contribution in [3.8, 4) is 0 Å². The molecule has 1 amide bonds. The van der Waals surface area contributed by atoms with Crippen LogP contribution in [0.3, 0.4) is 0 Å². The molecule has 3 aromatic heterocycles. The molecule has 6 nitrogen and oxygen atoms in total. The van der Waals surface area contributed by atoms with E-state index in [1.54, 1.807) is 30.5 Å². The van der Waals surface area contributed by atoms with Crippen molar-refractivity contribution in [3.05, 3.63) is 118 Å². The fraction of sp³-hybridized carbons (Fsp3) is 0.107. The van der Waals surface area contributed by atoms with Gasteiger partial charge in [0, 0.05) is 50.3 Å². The molecule has 0 bridgehead atoms. The summed E-state index contributed by atoms with van der Waals surface area (Å²) in [6, 6.07) is 24.2. The number of amides is 1.